The third-order valence-corrected chi connectivity index (χ3v) is 7.15. The van der Waals surface area contributed by atoms with Crippen LogP contribution in [0.1, 0.15) is 66.7 Å². The summed E-state index contributed by atoms with van der Waals surface area (Å²) < 4.78 is 5.80. The van der Waals surface area contributed by atoms with Gasteiger partial charge in [0.05, 0.1) is 0 Å². The summed E-state index contributed by atoms with van der Waals surface area (Å²) in [6, 6.07) is 0. The molecule has 0 radical (unpaired) electrons. The lowest BCUT2D eigenvalue weighted by atomic mass is 9.64. The van der Waals surface area contributed by atoms with Gasteiger partial charge >= 0.3 is 5.97 Å². The smallest absolute Gasteiger partial charge is 0.303 e. The van der Waals surface area contributed by atoms with E-state index < -0.39 is 0 Å². The Morgan fingerprint density at radius 2 is 1.79 bits per heavy atom. The summed E-state index contributed by atoms with van der Waals surface area (Å²) >= 11 is 0. The van der Waals surface area contributed by atoms with E-state index in [-0.39, 0.29) is 11.6 Å². The second-order valence-electron chi connectivity index (χ2n) is 8.25. The van der Waals surface area contributed by atoms with E-state index in [0.29, 0.717) is 16.7 Å². The third-order valence-electron chi connectivity index (χ3n) is 7.15. The van der Waals surface area contributed by atoms with Crippen LogP contribution in [0.4, 0.5) is 0 Å². The molecular formula is C17H28O2. The third kappa shape index (κ3) is 1.58. The number of fused-ring (bicyclic) bond motifs is 1. The van der Waals surface area contributed by atoms with Gasteiger partial charge in [-0.3, -0.25) is 4.79 Å². The number of rotatable bonds is 1. The minimum atomic E-state index is -0.232. The zero-order chi connectivity index (χ0) is 14.1. The summed E-state index contributed by atoms with van der Waals surface area (Å²) in [5.74, 6) is 2.10. The van der Waals surface area contributed by atoms with Crippen LogP contribution in [-0.4, -0.2) is 11.6 Å². The van der Waals surface area contributed by atoms with Crippen molar-refractivity contribution in [3.63, 3.8) is 0 Å². The van der Waals surface area contributed by atoms with Crippen molar-refractivity contribution in [3.05, 3.63) is 0 Å². The fraction of sp³-hybridized carbons (Fsp3) is 0.941. The van der Waals surface area contributed by atoms with Crippen molar-refractivity contribution < 1.29 is 9.53 Å². The summed E-state index contributed by atoms with van der Waals surface area (Å²) in [7, 11) is 0. The summed E-state index contributed by atoms with van der Waals surface area (Å²) in [4.78, 5) is 11.5. The second-order valence-corrected chi connectivity index (χ2v) is 8.25. The molecule has 2 nitrogen and oxygen atoms in total. The van der Waals surface area contributed by atoms with E-state index in [2.05, 4.69) is 27.7 Å². The maximum absolute atomic E-state index is 11.5. The zero-order valence-electron chi connectivity index (χ0n) is 13.1. The lowest BCUT2D eigenvalue weighted by Gasteiger charge is -2.46. The van der Waals surface area contributed by atoms with Gasteiger partial charge in [-0.25, -0.2) is 0 Å². The highest BCUT2D eigenvalue weighted by Gasteiger charge is 2.68. The Balaban J connectivity index is 1.99. The molecular weight excluding hydrogens is 236 g/mol. The average molecular weight is 264 g/mol. The van der Waals surface area contributed by atoms with Gasteiger partial charge < -0.3 is 4.74 Å². The number of hydrogen-bond donors (Lipinski definition) is 0. The van der Waals surface area contributed by atoms with E-state index in [0.717, 1.165) is 18.3 Å². The Bertz CT molecular complexity index is 413. The fourth-order valence-corrected chi connectivity index (χ4v) is 6.31. The van der Waals surface area contributed by atoms with E-state index in [1.807, 2.05) is 0 Å². The molecule has 3 aliphatic carbocycles. The number of hydrogen-bond acceptors (Lipinski definition) is 2. The van der Waals surface area contributed by atoms with Gasteiger partial charge in [0.2, 0.25) is 0 Å². The quantitative estimate of drug-likeness (QED) is 0.664. The molecule has 0 aromatic carbocycles. The molecule has 0 aliphatic heterocycles. The standard InChI is InChI=1S/C17H28O2/c1-11-6-7-13-15(3,4)14-10-17(11,13)9-8-16(14,5)19-12(2)18/h11,13-14H,6-10H2,1-5H3/t11-,13?,14?,16-,17+/m1/s1. The van der Waals surface area contributed by atoms with Crippen molar-refractivity contribution in [2.45, 2.75) is 72.3 Å². The van der Waals surface area contributed by atoms with Crippen molar-refractivity contribution in [1.82, 2.24) is 0 Å². The first kappa shape index (κ1) is 13.5. The largest absolute Gasteiger partial charge is 0.459 e. The van der Waals surface area contributed by atoms with E-state index in [4.69, 9.17) is 4.74 Å². The molecule has 3 aliphatic rings. The lowest BCUT2D eigenvalue weighted by Crippen LogP contribution is -2.47. The van der Waals surface area contributed by atoms with Crippen molar-refractivity contribution >= 4 is 5.97 Å². The molecule has 0 heterocycles. The summed E-state index contributed by atoms with van der Waals surface area (Å²) in [6.45, 7) is 11.0. The molecule has 0 amide bonds. The molecule has 0 saturated heterocycles. The van der Waals surface area contributed by atoms with Gasteiger partial charge in [0.25, 0.3) is 0 Å². The molecule has 5 atom stereocenters. The van der Waals surface area contributed by atoms with Gasteiger partial charge in [0.15, 0.2) is 0 Å². The Kier molecular flexibility index (Phi) is 2.67. The van der Waals surface area contributed by atoms with E-state index >= 15 is 0 Å². The maximum atomic E-state index is 11.5. The van der Waals surface area contributed by atoms with Gasteiger partial charge in [-0.2, -0.15) is 0 Å². The Hall–Kier alpha value is -0.530. The monoisotopic (exact) mass is 264 g/mol. The van der Waals surface area contributed by atoms with Gasteiger partial charge in [-0.05, 0) is 61.7 Å². The SMILES string of the molecule is CC(=O)O[C@]1(C)CC[C@@]23CC1C(C)(C)C2CC[C@H]3C. The summed E-state index contributed by atoms with van der Waals surface area (Å²) in [6.07, 6.45) is 6.35. The predicted molar refractivity (Wildman–Crippen MR) is 75.6 cm³/mol. The van der Waals surface area contributed by atoms with Crippen LogP contribution in [0, 0.1) is 28.6 Å². The van der Waals surface area contributed by atoms with E-state index in [1.165, 1.54) is 25.7 Å². The topological polar surface area (TPSA) is 26.3 Å². The fourth-order valence-electron chi connectivity index (χ4n) is 6.31. The molecule has 1 spiro atoms. The van der Waals surface area contributed by atoms with Crippen molar-refractivity contribution in [2.75, 3.05) is 0 Å². The first-order chi connectivity index (χ1) is 8.72. The number of esters is 1. The molecule has 2 bridgehead atoms. The Labute approximate surface area is 117 Å². The minimum Gasteiger partial charge on any atom is -0.459 e. The van der Waals surface area contributed by atoms with E-state index in [9.17, 15) is 4.79 Å². The first-order valence-electron chi connectivity index (χ1n) is 7.92. The molecule has 3 fully saturated rings. The first-order valence-corrected chi connectivity index (χ1v) is 7.92. The zero-order valence-corrected chi connectivity index (χ0v) is 13.1. The predicted octanol–water partition coefficient (Wildman–Crippen LogP) is 4.18. The average Bonchev–Trinajstić information content (AvgIpc) is 2.69. The van der Waals surface area contributed by atoms with Crippen molar-refractivity contribution in [1.29, 1.82) is 0 Å². The highest BCUT2D eigenvalue weighted by Crippen LogP contribution is 2.73. The molecule has 108 valence electrons. The Morgan fingerprint density at radius 1 is 1.11 bits per heavy atom. The molecule has 0 aromatic rings. The Morgan fingerprint density at radius 3 is 2.42 bits per heavy atom. The van der Waals surface area contributed by atoms with Crippen LogP contribution in [0.25, 0.3) is 0 Å². The molecule has 3 rings (SSSR count). The highest BCUT2D eigenvalue weighted by molar-refractivity contribution is 5.66. The van der Waals surface area contributed by atoms with Gasteiger partial charge in [-0.15, -0.1) is 0 Å². The van der Waals surface area contributed by atoms with Gasteiger partial charge in [0.1, 0.15) is 5.60 Å². The van der Waals surface area contributed by atoms with Crippen LogP contribution in [0.2, 0.25) is 0 Å². The van der Waals surface area contributed by atoms with Crippen LogP contribution >= 0.6 is 0 Å². The highest BCUT2D eigenvalue weighted by atomic mass is 16.6. The maximum Gasteiger partial charge on any atom is 0.303 e. The number of carbonyl (C=O) groups is 1. The lowest BCUT2D eigenvalue weighted by molar-refractivity contribution is -0.171. The molecule has 19 heavy (non-hydrogen) atoms. The van der Waals surface area contributed by atoms with Crippen molar-refractivity contribution in [3.8, 4) is 0 Å². The molecule has 0 N–H and O–H groups in total. The van der Waals surface area contributed by atoms with Crippen LogP contribution in [-0.2, 0) is 9.53 Å². The van der Waals surface area contributed by atoms with Crippen molar-refractivity contribution in [2.24, 2.45) is 28.6 Å². The summed E-state index contributed by atoms with van der Waals surface area (Å²) in [5, 5.41) is 0. The van der Waals surface area contributed by atoms with Crippen LogP contribution < -0.4 is 0 Å². The second kappa shape index (κ2) is 3.77. The van der Waals surface area contributed by atoms with Gasteiger partial charge in [-0.1, -0.05) is 20.8 Å². The minimum absolute atomic E-state index is 0.112. The summed E-state index contributed by atoms with van der Waals surface area (Å²) in [5.41, 5.74) is 0.629. The van der Waals surface area contributed by atoms with Gasteiger partial charge in [0, 0.05) is 12.8 Å². The number of ether oxygens (including phenoxy) is 1. The van der Waals surface area contributed by atoms with Crippen LogP contribution in [0.15, 0.2) is 0 Å². The molecule has 2 unspecified atom stereocenters. The molecule has 2 heteroatoms. The van der Waals surface area contributed by atoms with Crippen LogP contribution in [0.3, 0.4) is 0 Å². The van der Waals surface area contributed by atoms with E-state index in [1.54, 1.807) is 6.92 Å². The normalized spacial score (nSPS) is 50.9. The molecule has 0 aromatic heterocycles. The van der Waals surface area contributed by atoms with Crippen LogP contribution in [0.5, 0.6) is 0 Å². The number of carbonyl (C=O) groups excluding carboxylic acids is 1. The molecule has 3 saturated carbocycles.